The van der Waals surface area contributed by atoms with Crippen LogP contribution in [0.25, 0.3) is 0 Å². The molecule has 0 aromatic heterocycles. The van der Waals surface area contributed by atoms with Crippen LogP contribution >= 0.6 is 11.6 Å². The highest BCUT2D eigenvalue weighted by Crippen LogP contribution is 2.34. The molecule has 0 saturated heterocycles. The van der Waals surface area contributed by atoms with Gasteiger partial charge in [-0.15, -0.1) is 0 Å². The maximum absolute atomic E-state index is 13.0. The second-order valence-electron chi connectivity index (χ2n) is 4.50. The molecule has 1 atom stereocenters. The predicted molar refractivity (Wildman–Crippen MR) is 63.6 cm³/mol. The van der Waals surface area contributed by atoms with Gasteiger partial charge in [-0.3, -0.25) is 11.3 Å². The standard InChI is InChI=1S/C12H16ClFN2/c13-11-7-9(3-4-12(11)14)6-10(16-15)5-8-1-2-8/h3-4,7-8,10,16H,1-2,5-6,15H2. The molecule has 1 aliphatic rings. The molecule has 0 bridgehead atoms. The molecule has 0 radical (unpaired) electrons. The summed E-state index contributed by atoms with van der Waals surface area (Å²) in [6.07, 6.45) is 4.50. The molecule has 1 saturated carbocycles. The summed E-state index contributed by atoms with van der Waals surface area (Å²) >= 11 is 5.73. The van der Waals surface area contributed by atoms with Crippen molar-refractivity contribution in [1.82, 2.24) is 5.43 Å². The highest BCUT2D eigenvalue weighted by atomic mass is 35.5. The highest BCUT2D eigenvalue weighted by molar-refractivity contribution is 6.30. The molecule has 2 nitrogen and oxygen atoms in total. The third-order valence-corrected chi connectivity index (χ3v) is 3.31. The molecular formula is C12H16ClFN2. The minimum atomic E-state index is -0.370. The molecule has 0 amide bonds. The Morgan fingerprint density at radius 3 is 2.81 bits per heavy atom. The van der Waals surface area contributed by atoms with Crippen molar-refractivity contribution in [2.75, 3.05) is 0 Å². The Hall–Kier alpha value is -0.640. The highest BCUT2D eigenvalue weighted by Gasteiger charge is 2.25. The van der Waals surface area contributed by atoms with Gasteiger partial charge in [-0.05, 0) is 36.5 Å². The van der Waals surface area contributed by atoms with Crippen LogP contribution in [0.3, 0.4) is 0 Å². The van der Waals surface area contributed by atoms with Crippen LogP contribution in [-0.2, 0) is 6.42 Å². The van der Waals surface area contributed by atoms with Crippen molar-refractivity contribution in [3.05, 3.63) is 34.6 Å². The second-order valence-corrected chi connectivity index (χ2v) is 4.90. The Kier molecular flexibility index (Phi) is 3.79. The Labute approximate surface area is 99.9 Å². The number of hydrazine groups is 1. The molecule has 2 rings (SSSR count). The van der Waals surface area contributed by atoms with E-state index in [1.54, 1.807) is 12.1 Å². The number of benzene rings is 1. The van der Waals surface area contributed by atoms with E-state index in [2.05, 4.69) is 5.43 Å². The van der Waals surface area contributed by atoms with Crippen LogP contribution in [0, 0.1) is 11.7 Å². The molecule has 1 aromatic carbocycles. The van der Waals surface area contributed by atoms with Gasteiger partial charge in [0.2, 0.25) is 0 Å². The molecule has 1 aliphatic carbocycles. The number of rotatable bonds is 5. The first-order valence-electron chi connectivity index (χ1n) is 5.59. The largest absolute Gasteiger partial charge is 0.271 e. The topological polar surface area (TPSA) is 38.0 Å². The molecule has 4 heteroatoms. The number of hydrogen-bond donors (Lipinski definition) is 2. The van der Waals surface area contributed by atoms with Crippen LogP contribution in [0.2, 0.25) is 5.02 Å². The minimum absolute atomic E-state index is 0.180. The van der Waals surface area contributed by atoms with Gasteiger partial charge in [-0.2, -0.15) is 0 Å². The van der Waals surface area contributed by atoms with Crippen LogP contribution in [0.4, 0.5) is 4.39 Å². The lowest BCUT2D eigenvalue weighted by Gasteiger charge is -2.15. The molecule has 0 heterocycles. The summed E-state index contributed by atoms with van der Waals surface area (Å²) in [5.74, 6) is 5.95. The van der Waals surface area contributed by atoms with Gasteiger partial charge >= 0.3 is 0 Å². The first kappa shape index (κ1) is 11.8. The van der Waals surface area contributed by atoms with Crippen LogP contribution in [0.1, 0.15) is 24.8 Å². The SMILES string of the molecule is NNC(Cc1ccc(F)c(Cl)c1)CC1CC1. The lowest BCUT2D eigenvalue weighted by Crippen LogP contribution is -2.37. The van der Waals surface area contributed by atoms with E-state index in [9.17, 15) is 4.39 Å². The third-order valence-electron chi connectivity index (χ3n) is 3.02. The van der Waals surface area contributed by atoms with E-state index in [0.717, 1.165) is 24.3 Å². The van der Waals surface area contributed by atoms with E-state index in [0.29, 0.717) is 0 Å². The molecule has 88 valence electrons. The van der Waals surface area contributed by atoms with Gasteiger partial charge < -0.3 is 0 Å². The molecule has 0 aliphatic heterocycles. The van der Waals surface area contributed by atoms with Gasteiger partial charge in [0.15, 0.2) is 0 Å². The van der Waals surface area contributed by atoms with Crippen molar-refractivity contribution >= 4 is 11.6 Å². The second kappa shape index (κ2) is 5.13. The monoisotopic (exact) mass is 242 g/mol. The molecule has 1 fully saturated rings. The summed E-state index contributed by atoms with van der Waals surface area (Å²) in [6.45, 7) is 0. The normalized spacial score (nSPS) is 17.4. The first-order valence-corrected chi connectivity index (χ1v) is 5.97. The number of nitrogens with two attached hydrogens (primary N) is 1. The Bertz CT molecular complexity index is 366. The van der Waals surface area contributed by atoms with Crippen molar-refractivity contribution in [3.8, 4) is 0 Å². The molecule has 0 spiro atoms. The zero-order valence-electron chi connectivity index (χ0n) is 9.05. The average molecular weight is 243 g/mol. The Morgan fingerprint density at radius 2 is 2.25 bits per heavy atom. The first-order chi connectivity index (χ1) is 7.69. The van der Waals surface area contributed by atoms with Crippen LogP contribution < -0.4 is 11.3 Å². The van der Waals surface area contributed by atoms with Gasteiger partial charge in [0, 0.05) is 6.04 Å². The quantitative estimate of drug-likeness (QED) is 0.615. The van der Waals surface area contributed by atoms with Gasteiger partial charge in [0.05, 0.1) is 5.02 Å². The minimum Gasteiger partial charge on any atom is -0.271 e. The molecule has 3 N–H and O–H groups in total. The van der Waals surface area contributed by atoms with Gasteiger partial charge in [0.1, 0.15) is 5.82 Å². The van der Waals surface area contributed by atoms with E-state index in [-0.39, 0.29) is 16.9 Å². The van der Waals surface area contributed by atoms with Crippen molar-refractivity contribution in [3.63, 3.8) is 0 Å². The van der Waals surface area contributed by atoms with Crippen molar-refractivity contribution in [1.29, 1.82) is 0 Å². The van der Waals surface area contributed by atoms with Crippen LogP contribution in [0.15, 0.2) is 18.2 Å². The molecular weight excluding hydrogens is 227 g/mol. The van der Waals surface area contributed by atoms with Crippen LogP contribution in [0.5, 0.6) is 0 Å². The number of nitrogens with one attached hydrogen (secondary N) is 1. The van der Waals surface area contributed by atoms with Gasteiger partial charge in [-0.25, -0.2) is 4.39 Å². The summed E-state index contributed by atoms with van der Waals surface area (Å²) in [5.41, 5.74) is 3.84. The fourth-order valence-electron chi connectivity index (χ4n) is 1.92. The van der Waals surface area contributed by atoms with Crippen LogP contribution in [-0.4, -0.2) is 6.04 Å². The van der Waals surface area contributed by atoms with E-state index >= 15 is 0 Å². The fourth-order valence-corrected chi connectivity index (χ4v) is 2.12. The number of halogens is 2. The van der Waals surface area contributed by atoms with Crippen molar-refractivity contribution < 1.29 is 4.39 Å². The smallest absolute Gasteiger partial charge is 0.141 e. The predicted octanol–water partition coefficient (Wildman–Crippen LogP) is 2.65. The number of hydrogen-bond acceptors (Lipinski definition) is 2. The molecule has 1 unspecified atom stereocenters. The summed E-state index contributed by atoms with van der Waals surface area (Å²) in [6, 6.07) is 5.10. The Morgan fingerprint density at radius 1 is 1.50 bits per heavy atom. The maximum Gasteiger partial charge on any atom is 0.141 e. The summed E-state index contributed by atoms with van der Waals surface area (Å²) in [4.78, 5) is 0. The summed E-state index contributed by atoms with van der Waals surface area (Å²) < 4.78 is 13.0. The lowest BCUT2D eigenvalue weighted by molar-refractivity contribution is 0.465. The fraction of sp³-hybridized carbons (Fsp3) is 0.500. The van der Waals surface area contributed by atoms with E-state index in [4.69, 9.17) is 17.4 Å². The van der Waals surface area contributed by atoms with Crippen molar-refractivity contribution in [2.24, 2.45) is 11.8 Å². The molecule has 16 heavy (non-hydrogen) atoms. The summed E-state index contributed by atoms with van der Waals surface area (Å²) in [7, 11) is 0. The zero-order valence-corrected chi connectivity index (χ0v) is 9.80. The van der Waals surface area contributed by atoms with E-state index in [1.807, 2.05) is 0 Å². The van der Waals surface area contributed by atoms with E-state index < -0.39 is 0 Å². The lowest BCUT2D eigenvalue weighted by atomic mass is 10.0. The van der Waals surface area contributed by atoms with Gasteiger partial charge in [-0.1, -0.05) is 30.5 Å². The average Bonchev–Trinajstić information content (AvgIpc) is 3.06. The summed E-state index contributed by atoms with van der Waals surface area (Å²) in [5, 5.41) is 0.180. The Balaban J connectivity index is 1.97. The maximum atomic E-state index is 13.0. The van der Waals surface area contributed by atoms with Crippen molar-refractivity contribution in [2.45, 2.75) is 31.7 Å². The zero-order chi connectivity index (χ0) is 11.5. The van der Waals surface area contributed by atoms with Gasteiger partial charge in [0.25, 0.3) is 0 Å². The molecule has 1 aromatic rings. The third kappa shape index (κ3) is 3.17. The van der Waals surface area contributed by atoms with E-state index in [1.165, 1.54) is 18.9 Å².